The molecule has 0 bridgehead atoms. The molecule has 2 rings (SSSR count). The summed E-state index contributed by atoms with van der Waals surface area (Å²) in [7, 11) is 0.989. The monoisotopic (exact) mass is 641 g/mol. The highest BCUT2D eigenvalue weighted by atomic mass is 32.2. The Morgan fingerprint density at radius 2 is 1.48 bits per heavy atom. The molecule has 1 aromatic rings. The first kappa shape index (κ1) is 36.0. The Labute approximate surface area is 257 Å². The molecule has 0 spiro atoms. The number of methoxy groups -OCH3 is 1. The minimum absolute atomic E-state index is 0.503. The van der Waals surface area contributed by atoms with E-state index in [9.17, 15) is 33.6 Å². The van der Waals surface area contributed by atoms with Crippen LogP contribution in [0.5, 0.6) is 0 Å². The Hall–Kier alpha value is -4.18. The minimum atomic E-state index is -2.71. The molecule has 0 radical (unpaired) electrons. The third kappa shape index (κ3) is 9.67. The molecule has 7 atom stereocenters. The number of benzene rings is 1. The van der Waals surface area contributed by atoms with E-state index in [4.69, 9.17) is 33.2 Å². The molecule has 15 nitrogen and oxygen atoms in total. The van der Waals surface area contributed by atoms with Gasteiger partial charge < -0.3 is 38.5 Å². The number of amides is 1. The van der Waals surface area contributed by atoms with Crippen LogP contribution in [0.2, 0.25) is 0 Å². The Bertz CT molecular complexity index is 1240. The van der Waals surface area contributed by atoms with Crippen molar-refractivity contribution in [3.63, 3.8) is 0 Å². The number of hydrogen-bond acceptors (Lipinski definition) is 15. The number of nitrogens with one attached hydrogen (secondary N) is 1. The predicted octanol–water partition coefficient (Wildman–Crippen LogP) is 0.841. The van der Waals surface area contributed by atoms with Gasteiger partial charge in [0.15, 0.2) is 12.2 Å². The van der Waals surface area contributed by atoms with Crippen molar-refractivity contribution < 1.29 is 66.7 Å². The second-order valence-electron chi connectivity index (χ2n) is 9.51. The van der Waals surface area contributed by atoms with E-state index in [0.717, 1.165) is 60.4 Å². The van der Waals surface area contributed by atoms with Gasteiger partial charge in [-0.15, -0.1) is 11.8 Å². The van der Waals surface area contributed by atoms with Crippen molar-refractivity contribution in [2.75, 3.05) is 13.7 Å². The summed E-state index contributed by atoms with van der Waals surface area (Å²) in [5.74, 6) is -9.14. The van der Waals surface area contributed by atoms with Gasteiger partial charge in [-0.25, -0.2) is 4.79 Å². The molecule has 0 unspecified atom stereocenters. The fourth-order valence-corrected chi connectivity index (χ4v) is 5.84. The Kier molecular flexibility index (Phi) is 13.1. The van der Waals surface area contributed by atoms with E-state index in [1.807, 2.05) is 0 Å². The quantitative estimate of drug-likeness (QED) is 0.249. The summed E-state index contributed by atoms with van der Waals surface area (Å²) in [6.07, 6.45) is -6.67. The van der Waals surface area contributed by atoms with Crippen molar-refractivity contribution in [3.8, 4) is 0 Å². The van der Waals surface area contributed by atoms with Crippen LogP contribution in [0.3, 0.4) is 0 Å². The van der Waals surface area contributed by atoms with Gasteiger partial charge in [0.2, 0.25) is 5.91 Å². The number of hydrogen-bond donors (Lipinski definition) is 1. The van der Waals surface area contributed by atoms with Crippen molar-refractivity contribution in [2.45, 2.75) is 87.9 Å². The van der Waals surface area contributed by atoms with E-state index in [2.05, 4.69) is 5.32 Å². The van der Waals surface area contributed by atoms with Gasteiger partial charge in [-0.1, -0.05) is 18.2 Å². The third-order valence-electron chi connectivity index (χ3n) is 5.90. The SMILES string of the molecule is COC(=O)[C@@]1(OC(C)=O)O[C@@H]([C@H](OC(C)=O)[C@@H](COC(C)=O)OC(C)=O)[C@H](NC(C)=O)[C@@H](OC(C)=O)[C@@H]1Sc1ccccc1. The fourth-order valence-electron chi connectivity index (χ4n) is 4.52. The van der Waals surface area contributed by atoms with Gasteiger partial charge in [-0.2, -0.15) is 0 Å². The number of esters is 6. The number of thioether (sulfide) groups is 1. The van der Waals surface area contributed by atoms with Gasteiger partial charge in [0.25, 0.3) is 0 Å². The van der Waals surface area contributed by atoms with E-state index in [0.29, 0.717) is 4.90 Å². The van der Waals surface area contributed by atoms with Gasteiger partial charge in [0.05, 0.1) is 13.2 Å². The number of ether oxygens (including phenoxy) is 7. The van der Waals surface area contributed by atoms with Crippen LogP contribution in [0.25, 0.3) is 0 Å². The second-order valence-corrected chi connectivity index (χ2v) is 10.7. The van der Waals surface area contributed by atoms with Crippen molar-refractivity contribution in [3.05, 3.63) is 30.3 Å². The predicted molar refractivity (Wildman–Crippen MR) is 148 cm³/mol. The van der Waals surface area contributed by atoms with Gasteiger partial charge in [0, 0.05) is 46.4 Å². The average Bonchev–Trinajstić information content (AvgIpc) is 2.91. The van der Waals surface area contributed by atoms with Gasteiger partial charge in [-0.3, -0.25) is 28.8 Å². The normalized spacial score (nSPS) is 24.0. The van der Waals surface area contributed by atoms with Gasteiger partial charge in [-0.05, 0) is 12.1 Å². The molecule has 242 valence electrons. The molecule has 1 aromatic carbocycles. The lowest BCUT2D eigenvalue weighted by Gasteiger charge is -2.51. The Morgan fingerprint density at radius 3 is 1.95 bits per heavy atom. The summed E-state index contributed by atoms with van der Waals surface area (Å²) in [4.78, 5) is 87.8. The molecule has 1 aliphatic heterocycles. The van der Waals surface area contributed by atoms with E-state index < -0.39 is 89.8 Å². The zero-order valence-electron chi connectivity index (χ0n) is 25.2. The van der Waals surface area contributed by atoms with Gasteiger partial charge in [0.1, 0.15) is 24.1 Å². The van der Waals surface area contributed by atoms with Crippen LogP contribution in [0, 0.1) is 0 Å². The highest BCUT2D eigenvalue weighted by Gasteiger charge is 2.66. The molecule has 1 amide bonds. The number of rotatable bonds is 12. The first-order valence-electron chi connectivity index (χ1n) is 13.2. The van der Waals surface area contributed by atoms with Crippen LogP contribution in [0.1, 0.15) is 41.5 Å². The molecule has 44 heavy (non-hydrogen) atoms. The molecule has 1 heterocycles. The Balaban J connectivity index is 2.94. The zero-order chi connectivity index (χ0) is 33.2. The lowest BCUT2D eigenvalue weighted by Crippen LogP contribution is -2.74. The molecule has 0 aromatic heterocycles. The second kappa shape index (κ2) is 16.0. The largest absolute Gasteiger partial charge is 0.464 e. The molecule has 1 saturated heterocycles. The summed E-state index contributed by atoms with van der Waals surface area (Å²) in [6, 6.07) is 6.95. The highest BCUT2D eigenvalue weighted by molar-refractivity contribution is 8.00. The van der Waals surface area contributed by atoms with Crippen LogP contribution in [-0.2, 0) is 66.7 Å². The summed E-state index contributed by atoms with van der Waals surface area (Å²) in [6.45, 7) is 5.64. The summed E-state index contributed by atoms with van der Waals surface area (Å²) in [5, 5.41) is 1.14. The van der Waals surface area contributed by atoms with E-state index in [1.165, 1.54) is 0 Å². The first-order valence-corrected chi connectivity index (χ1v) is 14.1. The number of carbonyl (C=O) groups excluding carboxylic acids is 7. The minimum Gasteiger partial charge on any atom is -0.464 e. The molecule has 0 saturated carbocycles. The van der Waals surface area contributed by atoms with Crippen LogP contribution in [-0.4, -0.2) is 96.9 Å². The van der Waals surface area contributed by atoms with Crippen molar-refractivity contribution in [1.82, 2.24) is 5.32 Å². The average molecular weight is 642 g/mol. The van der Waals surface area contributed by atoms with Gasteiger partial charge >= 0.3 is 41.6 Å². The van der Waals surface area contributed by atoms with Crippen LogP contribution >= 0.6 is 11.8 Å². The van der Waals surface area contributed by atoms with E-state index in [-0.39, 0.29) is 0 Å². The molecular formula is C28H35NO14S. The zero-order valence-corrected chi connectivity index (χ0v) is 26.0. The van der Waals surface area contributed by atoms with Crippen LogP contribution < -0.4 is 5.32 Å². The van der Waals surface area contributed by atoms with Crippen molar-refractivity contribution in [1.29, 1.82) is 0 Å². The maximum Gasteiger partial charge on any atom is 0.381 e. The topological polar surface area (TPSA) is 196 Å². The van der Waals surface area contributed by atoms with E-state index >= 15 is 0 Å². The smallest absolute Gasteiger partial charge is 0.381 e. The fraction of sp³-hybridized carbons (Fsp3) is 0.536. The highest BCUT2D eigenvalue weighted by Crippen LogP contribution is 2.45. The summed E-state index contributed by atoms with van der Waals surface area (Å²) < 4.78 is 38.3. The number of carbonyl (C=O) groups is 7. The molecular weight excluding hydrogens is 606 g/mol. The van der Waals surface area contributed by atoms with Crippen molar-refractivity contribution >= 4 is 53.5 Å². The lowest BCUT2D eigenvalue weighted by molar-refractivity contribution is -0.300. The summed E-state index contributed by atoms with van der Waals surface area (Å²) >= 11 is 0.905. The molecule has 1 aliphatic rings. The van der Waals surface area contributed by atoms with Crippen LogP contribution in [0.4, 0.5) is 0 Å². The molecule has 0 aliphatic carbocycles. The molecule has 1 fully saturated rings. The molecule has 16 heteroatoms. The van der Waals surface area contributed by atoms with E-state index in [1.54, 1.807) is 30.3 Å². The molecule has 1 N–H and O–H groups in total. The first-order chi connectivity index (χ1) is 20.6. The maximum atomic E-state index is 13.6. The maximum absolute atomic E-state index is 13.6. The lowest BCUT2D eigenvalue weighted by atomic mass is 9.87. The van der Waals surface area contributed by atoms with Crippen molar-refractivity contribution in [2.24, 2.45) is 0 Å². The third-order valence-corrected chi connectivity index (χ3v) is 7.27. The standard InChI is InChI=1S/C28H35NO14S/c1-14(30)29-22-24(23(40-17(4)33)21(39-16(3)32)13-38-15(2)31)43-28(27(36)37-7,42-19(6)35)26(25(22)41-18(5)34)44-20-11-9-8-10-12-20/h8-12,21-26H,13H2,1-7H3,(H,29,30)/t21-,22+,23-,24-,25-,26+,28+/m1/s1. The Morgan fingerprint density at radius 1 is 0.864 bits per heavy atom. The van der Waals surface area contributed by atoms with Crippen LogP contribution in [0.15, 0.2) is 35.2 Å². The summed E-state index contributed by atoms with van der Waals surface area (Å²) in [5.41, 5.74) is 0.